The van der Waals surface area contributed by atoms with Crippen molar-refractivity contribution in [3.05, 3.63) is 47.3 Å². The number of hydrogen-bond donors (Lipinski definition) is 0. The third-order valence-corrected chi connectivity index (χ3v) is 4.00. The van der Waals surface area contributed by atoms with E-state index in [1.807, 2.05) is 6.92 Å². The Morgan fingerprint density at radius 1 is 1.04 bits per heavy atom. The minimum Gasteiger partial charge on any atom is -0.497 e. The summed E-state index contributed by atoms with van der Waals surface area (Å²) in [7, 11) is 1.59. The summed E-state index contributed by atoms with van der Waals surface area (Å²) in [5, 5.41) is 0. The number of esters is 2. The van der Waals surface area contributed by atoms with Crippen LogP contribution in [0.5, 0.6) is 5.75 Å². The van der Waals surface area contributed by atoms with Gasteiger partial charge in [0.05, 0.1) is 31.6 Å². The number of nitrogens with zero attached hydrogens (tertiary/aromatic N) is 2. The Morgan fingerprint density at radius 3 is 2.25 bits per heavy atom. The summed E-state index contributed by atoms with van der Waals surface area (Å²) < 4.78 is 17.0. The quantitative estimate of drug-likeness (QED) is 0.370. The van der Waals surface area contributed by atoms with Crippen molar-refractivity contribution >= 4 is 24.0 Å². The van der Waals surface area contributed by atoms with E-state index < -0.39 is 11.9 Å². The number of rotatable bonds is 9. The van der Waals surface area contributed by atoms with Crippen LogP contribution in [0.25, 0.3) is 0 Å². The van der Waals surface area contributed by atoms with E-state index in [0.29, 0.717) is 23.4 Å². The van der Waals surface area contributed by atoms with Crippen LogP contribution in [0.2, 0.25) is 0 Å². The monoisotopic (exact) mass is 386 g/mol. The van der Waals surface area contributed by atoms with Gasteiger partial charge in [-0.15, -0.1) is 0 Å². The second kappa shape index (κ2) is 10.3. The molecule has 7 nitrogen and oxygen atoms in total. The van der Waals surface area contributed by atoms with E-state index >= 15 is 0 Å². The van der Waals surface area contributed by atoms with Gasteiger partial charge in [-0.1, -0.05) is 13.3 Å². The Hall–Kier alpha value is -3.09. The van der Waals surface area contributed by atoms with E-state index in [1.54, 1.807) is 49.8 Å². The average Bonchev–Trinajstić information content (AvgIpc) is 3.06. The molecule has 0 aliphatic rings. The highest BCUT2D eigenvalue weighted by Gasteiger charge is 2.24. The zero-order chi connectivity index (χ0) is 20.5. The van der Waals surface area contributed by atoms with Gasteiger partial charge in [-0.3, -0.25) is 4.57 Å². The predicted octanol–water partition coefficient (Wildman–Crippen LogP) is 4.01. The van der Waals surface area contributed by atoms with E-state index in [4.69, 9.17) is 14.2 Å². The highest BCUT2D eigenvalue weighted by Crippen LogP contribution is 2.21. The van der Waals surface area contributed by atoms with E-state index in [-0.39, 0.29) is 18.9 Å². The number of methoxy groups -OCH3 is 1. The molecule has 2 aromatic rings. The molecular formula is C21H26N2O5. The van der Waals surface area contributed by atoms with Crippen LogP contribution in [0.1, 0.15) is 53.7 Å². The van der Waals surface area contributed by atoms with Gasteiger partial charge >= 0.3 is 11.9 Å². The molecule has 0 aliphatic carbocycles. The number of aliphatic imine (C=N–C) groups is 1. The van der Waals surface area contributed by atoms with Gasteiger partial charge in [0.1, 0.15) is 17.8 Å². The Bertz CT molecular complexity index is 837. The first kappa shape index (κ1) is 21.2. The van der Waals surface area contributed by atoms with Crippen LogP contribution in [0, 0.1) is 0 Å². The van der Waals surface area contributed by atoms with Gasteiger partial charge in [-0.25, -0.2) is 14.6 Å². The van der Waals surface area contributed by atoms with E-state index in [1.165, 1.54) is 12.4 Å². The third-order valence-electron chi connectivity index (χ3n) is 4.00. The molecule has 0 fully saturated rings. The number of hydrogen-bond acceptors (Lipinski definition) is 6. The van der Waals surface area contributed by atoms with E-state index in [9.17, 15) is 9.59 Å². The molecule has 0 spiro atoms. The molecule has 0 radical (unpaired) electrons. The molecule has 150 valence electrons. The minimum atomic E-state index is -0.517. The van der Waals surface area contributed by atoms with Crippen LogP contribution in [0.15, 0.2) is 35.3 Å². The predicted molar refractivity (Wildman–Crippen MR) is 107 cm³/mol. The SMILES string of the molecule is CCCc1c(C(=O)OCC)cc(C(=O)OCC)n1C=Nc1ccc(OC)cc1. The molecule has 0 aliphatic heterocycles. The number of ether oxygens (including phenoxy) is 3. The number of aromatic nitrogens is 1. The van der Waals surface area contributed by atoms with Crippen molar-refractivity contribution in [3.63, 3.8) is 0 Å². The first-order chi connectivity index (χ1) is 13.5. The topological polar surface area (TPSA) is 79.1 Å². The molecular weight excluding hydrogens is 360 g/mol. The summed E-state index contributed by atoms with van der Waals surface area (Å²) in [6, 6.07) is 8.71. The Balaban J connectivity index is 2.51. The van der Waals surface area contributed by atoms with Gasteiger partial charge in [0.25, 0.3) is 0 Å². The molecule has 0 unspecified atom stereocenters. The van der Waals surface area contributed by atoms with Crippen molar-refractivity contribution < 1.29 is 23.8 Å². The normalized spacial score (nSPS) is 10.9. The van der Waals surface area contributed by atoms with Gasteiger partial charge in [0.2, 0.25) is 0 Å². The maximum absolute atomic E-state index is 12.4. The molecule has 0 atom stereocenters. The smallest absolute Gasteiger partial charge is 0.355 e. The van der Waals surface area contributed by atoms with Gasteiger partial charge in [-0.05, 0) is 50.6 Å². The van der Waals surface area contributed by atoms with Crippen molar-refractivity contribution in [1.29, 1.82) is 0 Å². The highest BCUT2D eigenvalue weighted by atomic mass is 16.5. The Morgan fingerprint density at radius 2 is 1.68 bits per heavy atom. The van der Waals surface area contributed by atoms with Crippen molar-refractivity contribution in [2.24, 2.45) is 4.99 Å². The lowest BCUT2D eigenvalue weighted by molar-refractivity contribution is 0.0515. The van der Waals surface area contributed by atoms with Crippen LogP contribution in [-0.4, -0.2) is 43.2 Å². The maximum atomic E-state index is 12.4. The largest absolute Gasteiger partial charge is 0.497 e. The first-order valence-corrected chi connectivity index (χ1v) is 9.32. The summed E-state index contributed by atoms with van der Waals surface area (Å²) in [6.07, 6.45) is 2.90. The number of carbonyl (C=O) groups excluding carboxylic acids is 2. The van der Waals surface area contributed by atoms with Crippen LogP contribution in [0.3, 0.4) is 0 Å². The Labute approximate surface area is 164 Å². The van der Waals surface area contributed by atoms with Gasteiger partial charge < -0.3 is 14.2 Å². The second-order valence-corrected chi connectivity index (χ2v) is 5.89. The zero-order valence-corrected chi connectivity index (χ0v) is 16.7. The standard InChI is InChI=1S/C21H26N2O5/c1-5-8-18-17(20(24)27-6-2)13-19(21(25)28-7-3)23(18)14-22-15-9-11-16(26-4)12-10-15/h9-14H,5-8H2,1-4H3. The maximum Gasteiger partial charge on any atom is 0.355 e. The summed E-state index contributed by atoms with van der Waals surface area (Å²) in [5.41, 5.74) is 1.95. The van der Waals surface area contributed by atoms with E-state index in [0.717, 1.165) is 12.2 Å². The van der Waals surface area contributed by atoms with Crippen LogP contribution < -0.4 is 4.74 Å². The van der Waals surface area contributed by atoms with Gasteiger partial charge in [0.15, 0.2) is 0 Å². The minimum absolute atomic E-state index is 0.234. The molecule has 28 heavy (non-hydrogen) atoms. The third kappa shape index (κ3) is 5.00. The number of carbonyl (C=O) groups is 2. The summed E-state index contributed by atoms with van der Waals surface area (Å²) in [6.45, 7) is 5.96. The van der Waals surface area contributed by atoms with Crippen LogP contribution >= 0.6 is 0 Å². The summed E-state index contributed by atoms with van der Waals surface area (Å²) in [5.74, 6) is -0.256. The van der Waals surface area contributed by atoms with E-state index in [2.05, 4.69) is 4.99 Å². The zero-order valence-electron chi connectivity index (χ0n) is 16.7. The summed E-state index contributed by atoms with van der Waals surface area (Å²) >= 11 is 0. The van der Waals surface area contributed by atoms with Crippen molar-refractivity contribution in [2.45, 2.75) is 33.6 Å². The van der Waals surface area contributed by atoms with Crippen molar-refractivity contribution in [1.82, 2.24) is 4.57 Å². The van der Waals surface area contributed by atoms with Crippen LogP contribution in [-0.2, 0) is 15.9 Å². The molecule has 0 amide bonds. The lowest BCUT2D eigenvalue weighted by Gasteiger charge is -2.09. The fourth-order valence-electron chi connectivity index (χ4n) is 2.73. The fraction of sp³-hybridized carbons (Fsp3) is 0.381. The molecule has 2 rings (SSSR count). The van der Waals surface area contributed by atoms with Gasteiger partial charge in [-0.2, -0.15) is 0 Å². The molecule has 0 saturated carbocycles. The molecule has 0 bridgehead atoms. The summed E-state index contributed by atoms with van der Waals surface area (Å²) in [4.78, 5) is 29.3. The molecule has 1 aromatic carbocycles. The lowest BCUT2D eigenvalue weighted by atomic mass is 10.1. The lowest BCUT2D eigenvalue weighted by Crippen LogP contribution is -2.14. The molecule has 0 saturated heterocycles. The second-order valence-electron chi connectivity index (χ2n) is 5.89. The highest BCUT2D eigenvalue weighted by molar-refractivity contribution is 5.98. The fourth-order valence-corrected chi connectivity index (χ4v) is 2.73. The molecule has 1 heterocycles. The number of benzene rings is 1. The first-order valence-electron chi connectivity index (χ1n) is 9.32. The van der Waals surface area contributed by atoms with Gasteiger partial charge in [0, 0.05) is 5.69 Å². The van der Waals surface area contributed by atoms with Crippen molar-refractivity contribution in [2.75, 3.05) is 20.3 Å². The Kier molecular flexibility index (Phi) is 7.80. The molecule has 7 heteroatoms. The molecule has 1 aromatic heterocycles. The average molecular weight is 386 g/mol. The van der Waals surface area contributed by atoms with Crippen molar-refractivity contribution in [3.8, 4) is 5.75 Å². The molecule has 0 N–H and O–H groups in total. The van der Waals surface area contributed by atoms with Crippen LogP contribution in [0.4, 0.5) is 5.69 Å².